The lowest BCUT2D eigenvalue weighted by atomic mass is 10.3. The zero-order valence-corrected chi connectivity index (χ0v) is 9.23. The number of amides is 1. The van der Waals surface area contributed by atoms with Gasteiger partial charge in [-0.1, -0.05) is 35.6 Å². The molecule has 1 heterocycles. The molecule has 3 nitrogen and oxygen atoms in total. The number of hydrogen-bond donors (Lipinski definition) is 1. The number of benzene rings is 1. The number of nitrogens with zero attached hydrogens (tertiary/aromatic N) is 1. The first-order valence-corrected chi connectivity index (χ1v) is 5.38. The van der Waals surface area contributed by atoms with Crippen molar-refractivity contribution < 1.29 is 4.79 Å². The highest BCUT2D eigenvalue weighted by Crippen LogP contribution is 2.30. The van der Waals surface area contributed by atoms with Crippen molar-refractivity contribution in [2.24, 2.45) is 0 Å². The fraction of sp³-hybridized carbons (Fsp3) is 0. The van der Waals surface area contributed by atoms with E-state index in [1.165, 1.54) is 17.4 Å². The molecule has 76 valence electrons. The lowest BCUT2D eigenvalue weighted by Crippen LogP contribution is -2.06. The number of nitrogens with one attached hydrogen (secondary N) is 1. The van der Waals surface area contributed by atoms with Crippen molar-refractivity contribution in [3.05, 3.63) is 35.9 Å². The van der Waals surface area contributed by atoms with Crippen molar-refractivity contribution in [3.63, 3.8) is 0 Å². The van der Waals surface area contributed by atoms with Crippen molar-refractivity contribution in [1.82, 2.24) is 4.98 Å². The lowest BCUT2D eigenvalue weighted by molar-refractivity contribution is -0.111. The van der Waals surface area contributed by atoms with Crippen LogP contribution in [0.15, 0.2) is 30.9 Å². The fourth-order valence-electron chi connectivity index (χ4n) is 1.12. The molecule has 15 heavy (non-hydrogen) atoms. The quantitative estimate of drug-likeness (QED) is 0.817. The van der Waals surface area contributed by atoms with Gasteiger partial charge in [-0.25, -0.2) is 4.98 Å². The summed E-state index contributed by atoms with van der Waals surface area (Å²) in [6.45, 7) is 3.37. The number of carbonyl (C=O) groups is 1. The van der Waals surface area contributed by atoms with Crippen LogP contribution >= 0.6 is 22.9 Å². The molecule has 0 unspecified atom stereocenters. The van der Waals surface area contributed by atoms with E-state index in [-0.39, 0.29) is 5.91 Å². The van der Waals surface area contributed by atoms with Crippen LogP contribution in [0.25, 0.3) is 10.2 Å². The van der Waals surface area contributed by atoms with Crippen molar-refractivity contribution in [2.45, 2.75) is 0 Å². The molecule has 0 aliphatic heterocycles. The third-order valence-electron chi connectivity index (χ3n) is 1.79. The van der Waals surface area contributed by atoms with Gasteiger partial charge in [0.25, 0.3) is 0 Å². The number of fused-ring (bicyclic) bond motifs is 1. The van der Waals surface area contributed by atoms with E-state index in [4.69, 9.17) is 11.6 Å². The lowest BCUT2D eigenvalue weighted by Gasteiger charge is -1.92. The smallest absolute Gasteiger partial charge is 0.249 e. The second-order valence-electron chi connectivity index (χ2n) is 2.80. The molecule has 1 amide bonds. The Balaban J connectivity index is 2.43. The normalized spacial score (nSPS) is 10.2. The molecule has 0 spiro atoms. The number of halogens is 1. The van der Waals surface area contributed by atoms with E-state index in [1.54, 1.807) is 6.07 Å². The van der Waals surface area contributed by atoms with E-state index >= 15 is 0 Å². The highest BCUT2D eigenvalue weighted by atomic mass is 35.5. The van der Waals surface area contributed by atoms with Crippen LogP contribution < -0.4 is 5.32 Å². The first-order chi connectivity index (χ1) is 7.20. The Morgan fingerprint density at radius 3 is 3.07 bits per heavy atom. The summed E-state index contributed by atoms with van der Waals surface area (Å²) in [6.07, 6.45) is 1.20. The number of para-hydroxylation sites is 1. The minimum Gasteiger partial charge on any atom is -0.298 e. The van der Waals surface area contributed by atoms with Gasteiger partial charge >= 0.3 is 0 Å². The van der Waals surface area contributed by atoms with Gasteiger partial charge < -0.3 is 0 Å². The van der Waals surface area contributed by atoms with Gasteiger partial charge in [-0.05, 0) is 18.2 Å². The van der Waals surface area contributed by atoms with Gasteiger partial charge in [0.15, 0.2) is 5.13 Å². The molecule has 0 aliphatic carbocycles. The molecule has 0 fully saturated rings. The minimum atomic E-state index is -0.273. The second-order valence-corrected chi connectivity index (χ2v) is 4.24. The van der Waals surface area contributed by atoms with E-state index in [1.807, 2.05) is 12.1 Å². The molecule has 1 aromatic heterocycles. The largest absolute Gasteiger partial charge is 0.298 e. The maximum Gasteiger partial charge on any atom is 0.249 e. The number of anilines is 1. The van der Waals surface area contributed by atoms with Crippen molar-refractivity contribution >= 4 is 44.2 Å². The fourth-order valence-corrected chi connectivity index (χ4v) is 2.29. The Kier molecular flexibility index (Phi) is 2.70. The van der Waals surface area contributed by atoms with Gasteiger partial charge in [0.1, 0.15) is 5.52 Å². The van der Waals surface area contributed by atoms with E-state index in [0.29, 0.717) is 15.7 Å². The van der Waals surface area contributed by atoms with Crippen LogP contribution in [0.5, 0.6) is 0 Å². The van der Waals surface area contributed by atoms with E-state index in [9.17, 15) is 4.79 Å². The third-order valence-corrected chi connectivity index (χ3v) is 3.03. The van der Waals surface area contributed by atoms with E-state index in [0.717, 1.165) is 4.70 Å². The maximum absolute atomic E-state index is 11.0. The summed E-state index contributed by atoms with van der Waals surface area (Å²) in [5.41, 5.74) is 0.712. The zero-order chi connectivity index (χ0) is 10.8. The highest BCUT2D eigenvalue weighted by molar-refractivity contribution is 7.22. The van der Waals surface area contributed by atoms with Crippen LogP contribution in [0.4, 0.5) is 5.13 Å². The first-order valence-electron chi connectivity index (χ1n) is 4.19. The summed E-state index contributed by atoms with van der Waals surface area (Å²) in [6, 6.07) is 5.52. The van der Waals surface area contributed by atoms with Crippen molar-refractivity contribution in [2.75, 3.05) is 5.32 Å². The average molecular weight is 239 g/mol. The standard InChI is InChI=1S/C10H7ClN2OS/c1-2-8(14)12-10-13-9-6(11)4-3-5-7(9)15-10/h2-5H,1H2,(H,12,13,14). The Morgan fingerprint density at radius 1 is 1.60 bits per heavy atom. The molecule has 2 aromatic rings. The van der Waals surface area contributed by atoms with E-state index < -0.39 is 0 Å². The van der Waals surface area contributed by atoms with Crippen molar-refractivity contribution in [1.29, 1.82) is 0 Å². The van der Waals surface area contributed by atoms with Gasteiger partial charge in [-0.3, -0.25) is 10.1 Å². The van der Waals surface area contributed by atoms with Crippen LogP contribution in [-0.2, 0) is 4.79 Å². The molecule has 0 bridgehead atoms. The number of aromatic nitrogens is 1. The topological polar surface area (TPSA) is 42.0 Å². The SMILES string of the molecule is C=CC(=O)Nc1nc2c(Cl)cccc2s1. The number of thiazole rings is 1. The Morgan fingerprint density at radius 2 is 2.40 bits per heavy atom. The molecular formula is C10H7ClN2OS. The summed E-state index contributed by atoms with van der Waals surface area (Å²) >= 11 is 7.33. The molecule has 5 heteroatoms. The Hall–Kier alpha value is -1.39. The molecule has 2 rings (SSSR count). The summed E-state index contributed by atoms with van der Waals surface area (Å²) in [5, 5.41) is 3.72. The van der Waals surface area contributed by atoms with Crippen LogP contribution in [-0.4, -0.2) is 10.9 Å². The van der Waals surface area contributed by atoms with Gasteiger partial charge in [0.2, 0.25) is 5.91 Å². The van der Waals surface area contributed by atoms with Crippen molar-refractivity contribution in [3.8, 4) is 0 Å². The predicted octanol–water partition coefficient (Wildman–Crippen LogP) is 3.07. The number of carbonyl (C=O) groups excluding carboxylic acids is 1. The van der Waals surface area contributed by atoms with Gasteiger partial charge in [0.05, 0.1) is 9.72 Å². The number of hydrogen-bond acceptors (Lipinski definition) is 3. The predicted molar refractivity (Wildman–Crippen MR) is 63.5 cm³/mol. The minimum absolute atomic E-state index is 0.273. The molecular weight excluding hydrogens is 232 g/mol. The zero-order valence-electron chi connectivity index (χ0n) is 7.66. The molecule has 1 aromatic carbocycles. The molecule has 0 atom stereocenters. The first kappa shape index (κ1) is 10.1. The molecule has 0 saturated carbocycles. The second kappa shape index (κ2) is 4.00. The monoisotopic (exact) mass is 238 g/mol. The van der Waals surface area contributed by atoms with Crippen LogP contribution in [0.3, 0.4) is 0 Å². The Bertz CT molecular complexity index is 535. The molecule has 1 N–H and O–H groups in total. The van der Waals surface area contributed by atoms with Gasteiger partial charge in [-0.15, -0.1) is 0 Å². The number of rotatable bonds is 2. The van der Waals surface area contributed by atoms with Gasteiger partial charge in [0, 0.05) is 0 Å². The molecule has 0 saturated heterocycles. The van der Waals surface area contributed by atoms with Crippen LogP contribution in [0.1, 0.15) is 0 Å². The summed E-state index contributed by atoms with van der Waals surface area (Å²) in [4.78, 5) is 15.3. The molecule has 0 aliphatic rings. The third kappa shape index (κ3) is 2.00. The summed E-state index contributed by atoms with van der Waals surface area (Å²) in [5.74, 6) is -0.273. The summed E-state index contributed by atoms with van der Waals surface area (Å²) in [7, 11) is 0. The summed E-state index contributed by atoms with van der Waals surface area (Å²) < 4.78 is 0.946. The Labute approximate surface area is 95.4 Å². The molecule has 0 radical (unpaired) electrons. The maximum atomic E-state index is 11.0. The van der Waals surface area contributed by atoms with E-state index in [2.05, 4.69) is 16.9 Å². The highest BCUT2D eigenvalue weighted by Gasteiger charge is 2.07. The average Bonchev–Trinajstić information content (AvgIpc) is 2.62. The van der Waals surface area contributed by atoms with Crippen LogP contribution in [0, 0.1) is 0 Å². The van der Waals surface area contributed by atoms with Crippen LogP contribution in [0.2, 0.25) is 5.02 Å². The van der Waals surface area contributed by atoms with Gasteiger partial charge in [-0.2, -0.15) is 0 Å².